The lowest BCUT2D eigenvalue weighted by molar-refractivity contribution is -0.0413. The van der Waals surface area contributed by atoms with Crippen molar-refractivity contribution in [2.24, 2.45) is 0 Å². The Labute approximate surface area is 131 Å². The number of rotatable bonds is 9. The summed E-state index contributed by atoms with van der Waals surface area (Å²) in [5.41, 5.74) is 0.900. The van der Waals surface area contributed by atoms with Crippen molar-refractivity contribution in [3.63, 3.8) is 0 Å². The van der Waals surface area contributed by atoms with E-state index < -0.39 is 0 Å². The quantitative estimate of drug-likeness (QED) is 0.737. The zero-order valence-electron chi connectivity index (χ0n) is 13.4. The minimum Gasteiger partial charge on any atom is -0.374 e. The van der Waals surface area contributed by atoms with Crippen LogP contribution in [0.25, 0.3) is 0 Å². The molecule has 1 heterocycles. The summed E-state index contributed by atoms with van der Waals surface area (Å²) in [6.07, 6.45) is 4.04. The van der Waals surface area contributed by atoms with Crippen LogP contribution in [0.5, 0.6) is 0 Å². The number of nitrogens with zero attached hydrogens (tertiary/aromatic N) is 2. The minimum absolute atomic E-state index is 0.117. The van der Waals surface area contributed by atoms with E-state index in [2.05, 4.69) is 58.7 Å². The van der Waals surface area contributed by atoms with E-state index in [0.717, 1.165) is 30.4 Å². The molecule has 4 nitrogen and oxygen atoms in total. The van der Waals surface area contributed by atoms with Crippen LogP contribution in [0.3, 0.4) is 0 Å². The SMILES string of the molecule is CCCNC(c1c(Br)cnn1CCC)C(C)(C)OCC. The maximum Gasteiger partial charge on any atom is 0.0835 e. The third-order valence-corrected chi connectivity index (χ3v) is 3.96. The van der Waals surface area contributed by atoms with E-state index in [1.54, 1.807) is 0 Å². The van der Waals surface area contributed by atoms with Crippen LogP contribution in [-0.4, -0.2) is 28.5 Å². The largest absolute Gasteiger partial charge is 0.374 e. The predicted octanol–water partition coefficient (Wildman–Crippen LogP) is 3.91. The smallest absolute Gasteiger partial charge is 0.0835 e. The van der Waals surface area contributed by atoms with E-state index in [4.69, 9.17) is 4.74 Å². The first-order valence-electron chi connectivity index (χ1n) is 7.56. The molecule has 0 bridgehead atoms. The van der Waals surface area contributed by atoms with Gasteiger partial charge in [-0.3, -0.25) is 4.68 Å². The Balaban J connectivity index is 3.12. The lowest BCUT2D eigenvalue weighted by atomic mass is 9.95. The third kappa shape index (κ3) is 4.30. The molecule has 5 heteroatoms. The van der Waals surface area contributed by atoms with Crippen LogP contribution >= 0.6 is 15.9 Å². The molecule has 1 N–H and O–H groups in total. The molecular formula is C15H28BrN3O. The highest BCUT2D eigenvalue weighted by atomic mass is 79.9. The molecule has 1 aromatic heterocycles. The Kier molecular flexibility index (Phi) is 7.20. The van der Waals surface area contributed by atoms with Crippen molar-refractivity contribution >= 4 is 15.9 Å². The van der Waals surface area contributed by atoms with Gasteiger partial charge in [0.25, 0.3) is 0 Å². The van der Waals surface area contributed by atoms with Gasteiger partial charge in [-0.2, -0.15) is 5.10 Å². The van der Waals surface area contributed by atoms with Crippen molar-refractivity contribution in [2.75, 3.05) is 13.2 Å². The molecule has 0 saturated heterocycles. The van der Waals surface area contributed by atoms with Gasteiger partial charge in [0.2, 0.25) is 0 Å². The average molecular weight is 346 g/mol. The molecule has 0 aromatic carbocycles. The predicted molar refractivity (Wildman–Crippen MR) is 87.0 cm³/mol. The maximum atomic E-state index is 5.98. The van der Waals surface area contributed by atoms with Gasteiger partial charge in [0.05, 0.1) is 28.0 Å². The number of ether oxygens (including phenoxy) is 1. The zero-order chi connectivity index (χ0) is 15.2. The fourth-order valence-corrected chi connectivity index (χ4v) is 2.99. The Bertz CT molecular complexity index is 404. The molecule has 1 aromatic rings. The Hall–Kier alpha value is -0.390. The molecule has 1 rings (SSSR count). The van der Waals surface area contributed by atoms with Crippen LogP contribution in [0.2, 0.25) is 0 Å². The third-order valence-electron chi connectivity index (χ3n) is 3.35. The molecule has 0 spiro atoms. The summed E-state index contributed by atoms with van der Waals surface area (Å²) in [7, 11) is 0. The zero-order valence-corrected chi connectivity index (χ0v) is 15.0. The minimum atomic E-state index is -0.280. The first-order valence-corrected chi connectivity index (χ1v) is 8.35. The molecule has 0 aliphatic carbocycles. The molecule has 116 valence electrons. The normalized spacial score (nSPS) is 13.7. The molecule has 1 unspecified atom stereocenters. The number of halogens is 1. The monoisotopic (exact) mass is 345 g/mol. The van der Waals surface area contributed by atoms with E-state index in [0.29, 0.717) is 6.61 Å². The van der Waals surface area contributed by atoms with Crippen molar-refractivity contribution in [1.29, 1.82) is 0 Å². The van der Waals surface area contributed by atoms with Gasteiger partial charge in [-0.05, 0) is 56.1 Å². The Morgan fingerprint density at radius 3 is 2.60 bits per heavy atom. The van der Waals surface area contributed by atoms with Crippen molar-refractivity contribution < 1.29 is 4.74 Å². The molecule has 20 heavy (non-hydrogen) atoms. The highest BCUT2D eigenvalue weighted by Gasteiger charge is 2.34. The van der Waals surface area contributed by atoms with Crippen LogP contribution in [0.1, 0.15) is 59.2 Å². The van der Waals surface area contributed by atoms with Gasteiger partial charge in [-0.1, -0.05) is 13.8 Å². The molecule has 0 fully saturated rings. The first-order chi connectivity index (χ1) is 9.47. The summed E-state index contributed by atoms with van der Waals surface area (Å²) >= 11 is 3.64. The van der Waals surface area contributed by atoms with Crippen molar-refractivity contribution in [3.8, 4) is 0 Å². The molecular weight excluding hydrogens is 318 g/mol. The number of aryl methyl sites for hydroxylation is 1. The fraction of sp³-hybridized carbons (Fsp3) is 0.800. The highest BCUT2D eigenvalue weighted by molar-refractivity contribution is 9.10. The van der Waals surface area contributed by atoms with E-state index in [1.807, 2.05) is 13.1 Å². The van der Waals surface area contributed by atoms with Gasteiger partial charge in [-0.15, -0.1) is 0 Å². The van der Waals surface area contributed by atoms with E-state index in [9.17, 15) is 0 Å². The topological polar surface area (TPSA) is 39.1 Å². The number of hydrogen-bond donors (Lipinski definition) is 1. The summed E-state index contributed by atoms with van der Waals surface area (Å²) in [6, 6.07) is 0.117. The van der Waals surface area contributed by atoms with Crippen molar-refractivity contribution in [2.45, 2.75) is 65.6 Å². The van der Waals surface area contributed by atoms with Gasteiger partial charge >= 0.3 is 0 Å². The summed E-state index contributed by atoms with van der Waals surface area (Å²) in [5.74, 6) is 0. The van der Waals surface area contributed by atoms with Gasteiger partial charge < -0.3 is 10.1 Å². The van der Waals surface area contributed by atoms with E-state index in [-0.39, 0.29) is 11.6 Å². The fourth-order valence-electron chi connectivity index (χ4n) is 2.46. The first kappa shape index (κ1) is 17.7. The summed E-state index contributed by atoms with van der Waals surface area (Å²) < 4.78 is 9.11. The average Bonchev–Trinajstić information content (AvgIpc) is 2.72. The second-order valence-electron chi connectivity index (χ2n) is 5.52. The second kappa shape index (κ2) is 8.15. The van der Waals surface area contributed by atoms with E-state index in [1.165, 1.54) is 5.69 Å². The molecule has 0 aliphatic rings. The number of nitrogens with one attached hydrogen (secondary N) is 1. The second-order valence-corrected chi connectivity index (χ2v) is 6.38. The van der Waals surface area contributed by atoms with Crippen LogP contribution in [0.4, 0.5) is 0 Å². The van der Waals surface area contributed by atoms with Crippen LogP contribution in [0, 0.1) is 0 Å². The number of hydrogen-bond acceptors (Lipinski definition) is 3. The standard InChI is InChI=1S/C15H28BrN3O/c1-6-9-17-14(15(4,5)20-8-3)13-12(16)11-18-19(13)10-7-2/h11,14,17H,6-10H2,1-5H3. The van der Waals surface area contributed by atoms with Crippen LogP contribution < -0.4 is 5.32 Å². The van der Waals surface area contributed by atoms with Gasteiger partial charge in [-0.25, -0.2) is 0 Å². The van der Waals surface area contributed by atoms with Crippen molar-refractivity contribution in [3.05, 3.63) is 16.4 Å². The van der Waals surface area contributed by atoms with Gasteiger partial charge in [0.1, 0.15) is 0 Å². The lowest BCUT2D eigenvalue weighted by Crippen LogP contribution is -2.43. The molecule has 1 atom stereocenters. The summed E-state index contributed by atoms with van der Waals surface area (Å²) in [6.45, 7) is 13.3. The molecule has 0 radical (unpaired) electrons. The van der Waals surface area contributed by atoms with Crippen LogP contribution in [-0.2, 0) is 11.3 Å². The lowest BCUT2D eigenvalue weighted by Gasteiger charge is -2.35. The Morgan fingerprint density at radius 1 is 1.35 bits per heavy atom. The molecule has 0 saturated carbocycles. The van der Waals surface area contributed by atoms with Crippen LogP contribution in [0.15, 0.2) is 10.7 Å². The highest BCUT2D eigenvalue weighted by Crippen LogP contribution is 2.33. The summed E-state index contributed by atoms with van der Waals surface area (Å²) in [5, 5.41) is 8.10. The van der Waals surface area contributed by atoms with Crippen molar-refractivity contribution in [1.82, 2.24) is 15.1 Å². The molecule has 0 amide bonds. The Morgan fingerprint density at radius 2 is 2.05 bits per heavy atom. The maximum absolute atomic E-state index is 5.98. The van der Waals surface area contributed by atoms with E-state index >= 15 is 0 Å². The number of aromatic nitrogens is 2. The van der Waals surface area contributed by atoms with Gasteiger partial charge in [0, 0.05) is 13.2 Å². The molecule has 0 aliphatic heterocycles. The summed E-state index contributed by atoms with van der Waals surface area (Å²) in [4.78, 5) is 0. The van der Waals surface area contributed by atoms with Gasteiger partial charge in [0.15, 0.2) is 0 Å².